The predicted molar refractivity (Wildman–Crippen MR) is 60.9 cm³/mol. The Labute approximate surface area is 92.4 Å². The fraction of sp³-hybridized carbons (Fsp3) is 0.400. The Balaban J connectivity index is 3.01. The van der Waals surface area contributed by atoms with Crippen LogP contribution in [0.2, 0.25) is 5.02 Å². The molecule has 0 aromatic heterocycles. The molecule has 0 saturated heterocycles. The minimum atomic E-state index is 0.0617. The van der Waals surface area contributed by atoms with Gasteiger partial charge in [-0.1, -0.05) is 47.4 Å². The molecule has 1 aromatic rings. The van der Waals surface area contributed by atoms with Crippen molar-refractivity contribution in [3.63, 3.8) is 0 Å². The van der Waals surface area contributed by atoms with E-state index in [0.29, 0.717) is 5.92 Å². The molecule has 3 heteroatoms. The molecule has 0 aliphatic heterocycles. The second-order valence-corrected chi connectivity index (χ2v) is 4.73. The Kier molecular flexibility index (Phi) is 3.77. The van der Waals surface area contributed by atoms with Crippen molar-refractivity contribution < 1.29 is 0 Å². The zero-order valence-electron chi connectivity index (χ0n) is 7.72. The summed E-state index contributed by atoms with van der Waals surface area (Å²) in [4.78, 5) is 0. The van der Waals surface area contributed by atoms with Gasteiger partial charge in [-0.05, 0) is 23.6 Å². The lowest BCUT2D eigenvalue weighted by atomic mass is 9.97. The SMILES string of the molecule is CC(C)C(N)c1ccc(Cl)cc1Br. The van der Waals surface area contributed by atoms with E-state index in [1.807, 2.05) is 18.2 Å². The maximum absolute atomic E-state index is 6.02. The second kappa shape index (κ2) is 4.45. The Morgan fingerprint density at radius 1 is 1.38 bits per heavy atom. The average Bonchev–Trinajstić information content (AvgIpc) is 2.03. The number of hydrogen-bond acceptors (Lipinski definition) is 1. The molecule has 1 rings (SSSR count). The van der Waals surface area contributed by atoms with E-state index in [-0.39, 0.29) is 6.04 Å². The summed E-state index contributed by atoms with van der Waals surface area (Å²) >= 11 is 9.28. The van der Waals surface area contributed by atoms with E-state index < -0.39 is 0 Å². The third kappa shape index (κ3) is 2.70. The Morgan fingerprint density at radius 2 is 2.00 bits per heavy atom. The first kappa shape index (κ1) is 11.0. The first-order valence-corrected chi connectivity index (χ1v) is 5.40. The molecule has 1 nitrogen and oxygen atoms in total. The highest BCUT2D eigenvalue weighted by atomic mass is 79.9. The lowest BCUT2D eigenvalue weighted by Crippen LogP contribution is -2.17. The van der Waals surface area contributed by atoms with Gasteiger partial charge < -0.3 is 5.73 Å². The van der Waals surface area contributed by atoms with Gasteiger partial charge >= 0.3 is 0 Å². The van der Waals surface area contributed by atoms with Crippen molar-refractivity contribution in [2.75, 3.05) is 0 Å². The van der Waals surface area contributed by atoms with Gasteiger partial charge in [0, 0.05) is 15.5 Å². The van der Waals surface area contributed by atoms with E-state index in [2.05, 4.69) is 29.8 Å². The van der Waals surface area contributed by atoms with Gasteiger partial charge in [0.05, 0.1) is 0 Å². The average molecular weight is 263 g/mol. The van der Waals surface area contributed by atoms with Crippen molar-refractivity contribution in [3.05, 3.63) is 33.3 Å². The van der Waals surface area contributed by atoms with Crippen LogP contribution in [-0.2, 0) is 0 Å². The molecule has 72 valence electrons. The number of rotatable bonds is 2. The number of halogens is 2. The largest absolute Gasteiger partial charge is 0.324 e. The van der Waals surface area contributed by atoms with Gasteiger partial charge in [0.25, 0.3) is 0 Å². The van der Waals surface area contributed by atoms with Gasteiger partial charge in [-0.3, -0.25) is 0 Å². The van der Waals surface area contributed by atoms with Crippen molar-refractivity contribution in [1.29, 1.82) is 0 Å². The van der Waals surface area contributed by atoms with E-state index in [1.54, 1.807) is 0 Å². The smallest absolute Gasteiger partial charge is 0.0417 e. The van der Waals surface area contributed by atoms with Crippen molar-refractivity contribution in [1.82, 2.24) is 0 Å². The van der Waals surface area contributed by atoms with Crippen LogP contribution in [0, 0.1) is 5.92 Å². The number of nitrogens with two attached hydrogens (primary N) is 1. The molecule has 0 radical (unpaired) electrons. The van der Waals surface area contributed by atoms with Crippen LogP contribution in [0.25, 0.3) is 0 Å². The molecular weight excluding hydrogens is 249 g/mol. The minimum Gasteiger partial charge on any atom is -0.324 e. The molecule has 1 unspecified atom stereocenters. The predicted octanol–water partition coefficient (Wildman–Crippen LogP) is 3.76. The normalized spacial score (nSPS) is 13.4. The van der Waals surface area contributed by atoms with Crippen LogP contribution >= 0.6 is 27.5 Å². The maximum atomic E-state index is 6.02. The van der Waals surface area contributed by atoms with Crippen LogP contribution in [0.5, 0.6) is 0 Å². The molecule has 0 fully saturated rings. The van der Waals surface area contributed by atoms with Gasteiger partial charge in [0.2, 0.25) is 0 Å². The highest BCUT2D eigenvalue weighted by Gasteiger charge is 2.13. The summed E-state index contributed by atoms with van der Waals surface area (Å²) < 4.78 is 0.987. The van der Waals surface area contributed by atoms with Crippen molar-refractivity contribution in [2.24, 2.45) is 11.7 Å². The van der Waals surface area contributed by atoms with E-state index in [1.165, 1.54) is 0 Å². The third-order valence-corrected chi connectivity index (χ3v) is 2.96. The number of benzene rings is 1. The second-order valence-electron chi connectivity index (χ2n) is 3.44. The quantitative estimate of drug-likeness (QED) is 0.863. The first-order valence-electron chi connectivity index (χ1n) is 4.23. The summed E-state index contributed by atoms with van der Waals surface area (Å²) in [6, 6.07) is 5.77. The summed E-state index contributed by atoms with van der Waals surface area (Å²) in [7, 11) is 0. The maximum Gasteiger partial charge on any atom is 0.0417 e. The van der Waals surface area contributed by atoms with Crippen molar-refractivity contribution >= 4 is 27.5 Å². The zero-order chi connectivity index (χ0) is 10.0. The lowest BCUT2D eigenvalue weighted by Gasteiger charge is -2.17. The van der Waals surface area contributed by atoms with E-state index in [4.69, 9.17) is 17.3 Å². The summed E-state index contributed by atoms with van der Waals surface area (Å²) in [5, 5.41) is 0.728. The van der Waals surface area contributed by atoms with Gasteiger partial charge in [-0.25, -0.2) is 0 Å². The summed E-state index contributed by atoms with van der Waals surface area (Å²) in [6.45, 7) is 4.21. The molecule has 0 heterocycles. The van der Waals surface area contributed by atoms with E-state index in [0.717, 1.165) is 15.1 Å². The Morgan fingerprint density at radius 3 is 2.46 bits per heavy atom. The minimum absolute atomic E-state index is 0.0617. The summed E-state index contributed by atoms with van der Waals surface area (Å²) in [5.74, 6) is 0.428. The standard InChI is InChI=1S/C10H13BrClN/c1-6(2)10(13)8-4-3-7(12)5-9(8)11/h3-6,10H,13H2,1-2H3. The fourth-order valence-electron chi connectivity index (χ4n) is 1.13. The molecule has 0 amide bonds. The molecule has 1 aromatic carbocycles. The zero-order valence-corrected chi connectivity index (χ0v) is 10.1. The summed E-state index contributed by atoms with van der Waals surface area (Å²) in [6.07, 6.45) is 0. The molecule has 0 aliphatic carbocycles. The van der Waals surface area contributed by atoms with Crippen molar-refractivity contribution in [3.8, 4) is 0 Å². The van der Waals surface area contributed by atoms with Crippen molar-refractivity contribution in [2.45, 2.75) is 19.9 Å². The molecule has 0 saturated carbocycles. The lowest BCUT2D eigenvalue weighted by molar-refractivity contribution is 0.512. The van der Waals surface area contributed by atoms with Gasteiger partial charge in [-0.15, -0.1) is 0 Å². The monoisotopic (exact) mass is 261 g/mol. The van der Waals surface area contributed by atoms with Crippen LogP contribution < -0.4 is 5.73 Å². The Bertz CT molecular complexity index is 299. The van der Waals surface area contributed by atoms with Gasteiger partial charge in [0.15, 0.2) is 0 Å². The Hall–Kier alpha value is -0.0500. The van der Waals surface area contributed by atoms with Crippen LogP contribution in [0.4, 0.5) is 0 Å². The van der Waals surface area contributed by atoms with E-state index in [9.17, 15) is 0 Å². The van der Waals surface area contributed by atoms with Crippen LogP contribution in [-0.4, -0.2) is 0 Å². The molecule has 2 N–H and O–H groups in total. The number of hydrogen-bond donors (Lipinski definition) is 1. The topological polar surface area (TPSA) is 26.0 Å². The van der Waals surface area contributed by atoms with E-state index >= 15 is 0 Å². The summed E-state index contributed by atoms with van der Waals surface area (Å²) in [5.41, 5.74) is 7.13. The first-order chi connectivity index (χ1) is 6.02. The molecule has 0 aliphatic rings. The third-order valence-electron chi connectivity index (χ3n) is 2.04. The molecule has 0 spiro atoms. The van der Waals surface area contributed by atoms with Crippen LogP contribution in [0.1, 0.15) is 25.5 Å². The molecule has 1 atom stereocenters. The highest BCUT2D eigenvalue weighted by Crippen LogP contribution is 2.28. The van der Waals surface area contributed by atoms with Gasteiger partial charge in [-0.2, -0.15) is 0 Å². The fourth-order valence-corrected chi connectivity index (χ4v) is 2.08. The highest BCUT2D eigenvalue weighted by molar-refractivity contribution is 9.10. The molecular formula is C10H13BrClN. The molecule has 0 bridgehead atoms. The van der Waals surface area contributed by atoms with Crippen LogP contribution in [0.3, 0.4) is 0 Å². The molecule has 13 heavy (non-hydrogen) atoms. The van der Waals surface area contributed by atoms with Crippen LogP contribution in [0.15, 0.2) is 22.7 Å². The van der Waals surface area contributed by atoms with Gasteiger partial charge in [0.1, 0.15) is 0 Å².